The average Bonchev–Trinajstić information content (AvgIpc) is 3.30. The Morgan fingerprint density at radius 1 is 1.03 bits per heavy atom. The number of halogens is 2. The molecule has 0 radical (unpaired) electrons. The molecule has 32 heavy (non-hydrogen) atoms. The van der Waals surface area contributed by atoms with E-state index in [0.717, 1.165) is 11.1 Å². The van der Waals surface area contributed by atoms with Gasteiger partial charge in [0.25, 0.3) is 11.8 Å². The molecule has 2 amide bonds. The van der Waals surface area contributed by atoms with Gasteiger partial charge in [-0.1, -0.05) is 35.9 Å². The first-order chi connectivity index (χ1) is 15.4. The molecule has 0 bridgehead atoms. The number of carbonyl (C=O) groups excluding carboxylic acids is 2. The normalized spacial score (nSPS) is 19.7. The van der Waals surface area contributed by atoms with Crippen molar-refractivity contribution in [2.45, 2.75) is 18.3 Å². The lowest BCUT2D eigenvalue weighted by atomic mass is 10.0. The number of hydrogen-bond donors (Lipinski definition) is 0. The minimum atomic E-state index is -1.22. The van der Waals surface area contributed by atoms with Gasteiger partial charge in [-0.25, -0.2) is 8.78 Å². The van der Waals surface area contributed by atoms with Gasteiger partial charge in [-0.3, -0.25) is 9.59 Å². The first-order valence-electron chi connectivity index (χ1n) is 10.3. The summed E-state index contributed by atoms with van der Waals surface area (Å²) in [6.07, 6.45) is 0. The first-order valence-corrected chi connectivity index (χ1v) is 11.3. The second-order valence-corrected chi connectivity index (χ2v) is 9.29. The fourth-order valence-electron chi connectivity index (χ4n) is 4.48. The number of thioether (sulfide) groups is 1. The Labute approximate surface area is 188 Å². The second kappa shape index (κ2) is 7.74. The number of carbonyl (C=O) groups is 2. The third-order valence-corrected chi connectivity index (χ3v) is 7.31. The molecule has 1 atom stereocenters. The monoisotopic (exact) mass is 450 g/mol. The van der Waals surface area contributed by atoms with Crippen LogP contribution < -0.4 is 4.90 Å². The molecule has 4 nitrogen and oxygen atoms in total. The first kappa shape index (κ1) is 20.7. The van der Waals surface area contributed by atoms with Crippen LogP contribution in [0, 0.1) is 18.6 Å². The zero-order valence-corrected chi connectivity index (χ0v) is 18.2. The molecule has 0 N–H and O–H groups in total. The third kappa shape index (κ3) is 3.19. The van der Waals surface area contributed by atoms with Crippen molar-refractivity contribution in [1.29, 1.82) is 0 Å². The Kier molecular flexibility index (Phi) is 5.01. The van der Waals surface area contributed by atoms with Crippen molar-refractivity contribution in [3.05, 3.63) is 101 Å². The Morgan fingerprint density at radius 2 is 1.78 bits per heavy atom. The molecule has 1 spiro atoms. The topological polar surface area (TPSA) is 40.6 Å². The highest BCUT2D eigenvalue weighted by molar-refractivity contribution is 8.01. The van der Waals surface area contributed by atoms with E-state index in [4.69, 9.17) is 0 Å². The van der Waals surface area contributed by atoms with Crippen molar-refractivity contribution in [2.24, 2.45) is 0 Å². The van der Waals surface area contributed by atoms with Gasteiger partial charge in [-0.15, -0.1) is 11.8 Å². The summed E-state index contributed by atoms with van der Waals surface area (Å²) in [6, 6.07) is 17.4. The van der Waals surface area contributed by atoms with Crippen molar-refractivity contribution in [3.63, 3.8) is 0 Å². The molecule has 3 aromatic carbocycles. The fourth-order valence-corrected chi connectivity index (χ4v) is 5.93. The minimum absolute atomic E-state index is 0.191. The van der Waals surface area contributed by atoms with E-state index in [-0.39, 0.29) is 29.7 Å². The maximum Gasteiger partial charge on any atom is 0.268 e. The number of fused-ring (bicyclic) bond motifs is 2. The van der Waals surface area contributed by atoms with Crippen LogP contribution in [0.4, 0.5) is 14.5 Å². The summed E-state index contributed by atoms with van der Waals surface area (Å²) < 4.78 is 27.6. The Balaban J connectivity index is 1.60. The van der Waals surface area contributed by atoms with Gasteiger partial charge in [0.15, 0.2) is 4.87 Å². The maximum absolute atomic E-state index is 13.9. The summed E-state index contributed by atoms with van der Waals surface area (Å²) in [5.41, 5.74) is 3.28. The third-order valence-electron chi connectivity index (χ3n) is 5.90. The molecule has 5 rings (SSSR count). The molecule has 0 aromatic heterocycles. The van der Waals surface area contributed by atoms with Crippen molar-refractivity contribution < 1.29 is 18.4 Å². The lowest BCUT2D eigenvalue weighted by Gasteiger charge is -2.33. The van der Waals surface area contributed by atoms with Crippen LogP contribution >= 0.6 is 11.8 Å². The van der Waals surface area contributed by atoms with Gasteiger partial charge < -0.3 is 9.80 Å². The van der Waals surface area contributed by atoms with Gasteiger partial charge in [0.2, 0.25) is 0 Å². The smallest absolute Gasteiger partial charge is 0.268 e. The zero-order valence-electron chi connectivity index (χ0n) is 17.3. The highest BCUT2D eigenvalue weighted by Crippen LogP contribution is 2.55. The summed E-state index contributed by atoms with van der Waals surface area (Å²) in [6.45, 7) is 2.50. The number of anilines is 1. The predicted molar refractivity (Wildman–Crippen MR) is 120 cm³/mol. The van der Waals surface area contributed by atoms with Gasteiger partial charge in [0.1, 0.15) is 11.6 Å². The van der Waals surface area contributed by atoms with E-state index in [1.54, 1.807) is 28.0 Å². The molecule has 3 aromatic rings. The molecule has 1 fully saturated rings. The molecule has 2 heterocycles. The fraction of sp³-hybridized carbons (Fsp3) is 0.200. The number of rotatable bonds is 3. The van der Waals surface area contributed by atoms with Crippen molar-refractivity contribution in [3.8, 4) is 0 Å². The highest BCUT2D eigenvalue weighted by atomic mass is 32.2. The molecule has 0 aliphatic carbocycles. The van der Waals surface area contributed by atoms with Crippen molar-refractivity contribution in [2.75, 3.05) is 17.2 Å². The lowest BCUT2D eigenvalue weighted by Crippen LogP contribution is -2.50. The van der Waals surface area contributed by atoms with E-state index in [1.165, 1.54) is 42.1 Å². The zero-order chi connectivity index (χ0) is 22.5. The summed E-state index contributed by atoms with van der Waals surface area (Å²) in [5, 5.41) is 0. The number of hydrogen-bond acceptors (Lipinski definition) is 3. The number of amides is 2. The van der Waals surface area contributed by atoms with Crippen LogP contribution in [0.5, 0.6) is 0 Å². The molecule has 0 saturated carbocycles. The second-order valence-electron chi connectivity index (χ2n) is 8.00. The number of benzene rings is 3. The number of nitrogens with zero attached hydrogens (tertiary/aromatic N) is 2. The van der Waals surface area contributed by atoms with E-state index in [1.807, 2.05) is 25.1 Å². The van der Waals surface area contributed by atoms with Gasteiger partial charge in [-0.05, 0) is 48.9 Å². The molecule has 2 aliphatic heterocycles. The van der Waals surface area contributed by atoms with E-state index in [0.29, 0.717) is 23.5 Å². The lowest BCUT2D eigenvalue weighted by molar-refractivity contribution is -0.123. The molecule has 2 aliphatic rings. The van der Waals surface area contributed by atoms with Crippen LogP contribution in [0.2, 0.25) is 0 Å². The quantitative estimate of drug-likeness (QED) is 0.572. The Morgan fingerprint density at radius 3 is 2.53 bits per heavy atom. The van der Waals surface area contributed by atoms with Crippen LogP contribution in [0.25, 0.3) is 0 Å². The van der Waals surface area contributed by atoms with Crippen LogP contribution in [-0.4, -0.2) is 29.0 Å². The van der Waals surface area contributed by atoms with Crippen LogP contribution in [0.1, 0.15) is 27.0 Å². The van der Waals surface area contributed by atoms with Crippen LogP contribution in [0.15, 0.2) is 66.7 Å². The molecule has 1 saturated heterocycles. The number of aryl methyl sites for hydroxylation is 1. The Hall–Kier alpha value is -3.19. The summed E-state index contributed by atoms with van der Waals surface area (Å²) in [7, 11) is 0. The molecule has 1 unspecified atom stereocenters. The van der Waals surface area contributed by atoms with E-state index < -0.39 is 10.7 Å². The van der Waals surface area contributed by atoms with Crippen molar-refractivity contribution >= 4 is 29.3 Å². The van der Waals surface area contributed by atoms with E-state index in [2.05, 4.69) is 0 Å². The molecule has 7 heteroatoms. The predicted octanol–water partition coefficient (Wildman–Crippen LogP) is 4.86. The average molecular weight is 451 g/mol. The van der Waals surface area contributed by atoms with Gasteiger partial charge in [0, 0.05) is 23.4 Å². The Bertz CT molecular complexity index is 1250. The van der Waals surface area contributed by atoms with E-state index >= 15 is 0 Å². The summed E-state index contributed by atoms with van der Waals surface area (Å²) in [4.78, 5) is 29.3. The summed E-state index contributed by atoms with van der Waals surface area (Å²) in [5.74, 6) is -0.921. The van der Waals surface area contributed by atoms with Gasteiger partial charge >= 0.3 is 0 Å². The van der Waals surface area contributed by atoms with Crippen LogP contribution in [0.3, 0.4) is 0 Å². The SMILES string of the molecule is Cc1ccc2c(c1)C1(SCCN1C(=O)c1cccc(F)c1)C(=O)N2Cc1cccc(F)c1. The standard InChI is InChI=1S/C25H20F2N2O2S/c1-16-8-9-22-21(12-16)25(24(31)28(22)15-17-4-2-6-19(26)13-17)29(10-11-32-25)23(30)18-5-3-7-20(27)14-18/h2-9,12-14H,10-11,15H2,1H3. The van der Waals surface area contributed by atoms with E-state index in [9.17, 15) is 18.4 Å². The largest absolute Gasteiger partial charge is 0.311 e. The highest BCUT2D eigenvalue weighted by Gasteiger charge is 2.59. The summed E-state index contributed by atoms with van der Waals surface area (Å²) >= 11 is 1.41. The van der Waals surface area contributed by atoms with Gasteiger partial charge in [-0.2, -0.15) is 0 Å². The molecular weight excluding hydrogens is 430 g/mol. The molecular formula is C25H20F2N2O2S. The molecule has 162 valence electrons. The van der Waals surface area contributed by atoms with Crippen LogP contribution in [-0.2, 0) is 16.2 Å². The maximum atomic E-state index is 13.9. The van der Waals surface area contributed by atoms with Crippen molar-refractivity contribution in [1.82, 2.24) is 4.90 Å². The minimum Gasteiger partial charge on any atom is -0.311 e. The van der Waals surface area contributed by atoms with Gasteiger partial charge in [0.05, 0.1) is 12.2 Å².